The second kappa shape index (κ2) is 4.49. The van der Waals surface area contributed by atoms with E-state index in [4.69, 9.17) is 10.5 Å². The molecule has 0 aromatic heterocycles. The van der Waals surface area contributed by atoms with Crippen molar-refractivity contribution in [3.8, 4) is 5.75 Å². The summed E-state index contributed by atoms with van der Waals surface area (Å²) in [6.45, 7) is 2.52. The number of benzene rings is 1. The van der Waals surface area contributed by atoms with Crippen molar-refractivity contribution < 1.29 is 9.53 Å². The van der Waals surface area contributed by atoms with Gasteiger partial charge in [0.2, 0.25) is 0 Å². The molecule has 1 fully saturated rings. The Kier molecular flexibility index (Phi) is 3.20. The number of Topliss-reactive ketones (excluding diaryl/α,β-unsaturated/α-hetero) is 1. The molecule has 2 N–H and O–H groups in total. The van der Waals surface area contributed by atoms with Crippen LogP contribution in [0.3, 0.4) is 0 Å². The first-order valence-corrected chi connectivity index (χ1v) is 6.08. The Bertz CT molecular complexity index is 436. The zero-order valence-corrected chi connectivity index (χ0v) is 10.5. The SMILES string of the molecule is CCc1cc(C(=O)C2(CN)CC2)ccc1OC. The first kappa shape index (κ1) is 12.1. The van der Waals surface area contributed by atoms with Gasteiger partial charge in [-0.15, -0.1) is 0 Å². The summed E-state index contributed by atoms with van der Waals surface area (Å²) < 4.78 is 5.26. The van der Waals surface area contributed by atoms with E-state index in [0.717, 1.165) is 36.1 Å². The molecule has 17 heavy (non-hydrogen) atoms. The molecule has 0 spiro atoms. The minimum Gasteiger partial charge on any atom is -0.496 e. The van der Waals surface area contributed by atoms with Gasteiger partial charge in [-0.1, -0.05) is 6.92 Å². The van der Waals surface area contributed by atoms with Crippen molar-refractivity contribution in [1.82, 2.24) is 0 Å². The number of ether oxygens (including phenoxy) is 1. The Morgan fingerprint density at radius 2 is 2.18 bits per heavy atom. The molecule has 92 valence electrons. The fourth-order valence-corrected chi connectivity index (χ4v) is 2.18. The Balaban J connectivity index is 2.31. The number of methoxy groups -OCH3 is 1. The highest BCUT2D eigenvalue weighted by atomic mass is 16.5. The first-order chi connectivity index (χ1) is 8.16. The fourth-order valence-electron chi connectivity index (χ4n) is 2.18. The molecule has 2 rings (SSSR count). The maximum atomic E-state index is 12.3. The molecule has 0 unspecified atom stereocenters. The molecule has 1 aromatic rings. The van der Waals surface area contributed by atoms with Crippen LogP contribution in [0, 0.1) is 5.41 Å². The molecule has 0 aliphatic heterocycles. The van der Waals surface area contributed by atoms with E-state index in [1.165, 1.54) is 0 Å². The minimum atomic E-state index is -0.264. The molecule has 1 aliphatic rings. The second-order valence-electron chi connectivity index (χ2n) is 4.69. The highest BCUT2D eigenvalue weighted by molar-refractivity contribution is 6.02. The van der Waals surface area contributed by atoms with Crippen molar-refractivity contribution >= 4 is 5.78 Å². The largest absolute Gasteiger partial charge is 0.496 e. The van der Waals surface area contributed by atoms with Gasteiger partial charge in [0.1, 0.15) is 5.75 Å². The molecule has 3 heteroatoms. The molecule has 1 aromatic carbocycles. The average molecular weight is 233 g/mol. The normalized spacial score (nSPS) is 16.6. The number of hydrogen-bond donors (Lipinski definition) is 1. The van der Waals surface area contributed by atoms with Gasteiger partial charge in [0.05, 0.1) is 7.11 Å². The summed E-state index contributed by atoms with van der Waals surface area (Å²) in [7, 11) is 1.65. The predicted octanol–water partition coefficient (Wildman–Crippen LogP) is 2.18. The maximum Gasteiger partial charge on any atom is 0.170 e. The molecule has 0 saturated heterocycles. The molecule has 0 atom stereocenters. The van der Waals surface area contributed by atoms with Gasteiger partial charge >= 0.3 is 0 Å². The second-order valence-corrected chi connectivity index (χ2v) is 4.69. The van der Waals surface area contributed by atoms with Gasteiger partial charge in [-0.25, -0.2) is 0 Å². The third-order valence-corrected chi connectivity index (χ3v) is 3.65. The van der Waals surface area contributed by atoms with Crippen LogP contribution >= 0.6 is 0 Å². The van der Waals surface area contributed by atoms with E-state index in [1.807, 2.05) is 18.2 Å². The smallest absolute Gasteiger partial charge is 0.170 e. The van der Waals surface area contributed by atoms with Crippen LogP contribution in [0.2, 0.25) is 0 Å². The summed E-state index contributed by atoms with van der Waals surface area (Å²) in [5, 5.41) is 0. The van der Waals surface area contributed by atoms with Gasteiger partial charge in [-0.3, -0.25) is 4.79 Å². The maximum absolute atomic E-state index is 12.3. The summed E-state index contributed by atoms with van der Waals surface area (Å²) in [6, 6.07) is 5.66. The van der Waals surface area contributed by atoms with Gasteiger partial charge in [0.15, 0.2) is 5.78 Å². The van der Waals surface area contributed by atoms with Crippen LogP contribution in [0.5, 0.6) is 5.75 Å². The molecular formula is C14H19NO2. The molecule has 1 saturated carbocycles. The number of hydrogen-bond acceptors (Lipinski definition) is 3. The van der Waals surface area contributed by atoms with Crippen LogP contribution in [0.15, 0.2) is 18.2 Å². The molecule has 3 nitrogen and oxygen atoms in total. The third-order valence-electron chi connectivity index (χ3n) is 3.65. The third kappa shape index (κ3) is 2.07. The van der Waals surface area contributed by atoms with Crippen LogP contribution in [0.4, 0.5) is 0 Å². The van der Waals surface area contributed by atoms with Crippen molar-refractivity contribution in [2.45, 2.75) is 26.2 Å². The van der Waals surface area contributed by atoms with Gasteiger partial charge in [-0.2, -0.15) is 0 Å². The van der Waals surface area contributed by atoms with Crippen molar-refractivity contribution in [3.63, 3.8) is 0 Å². The van der Waals surface area contributed by atoms with E-state index in [2.05, 4.69) is 6.92 Å². The Hall–Kier alpha value is -1.35. The summed E-state index contributed by atoms with van der Waals surface area (Å²) in [5.41, 5.74) is 7.27. The highest BCUT2D eigenvalue weighted by Gasteiger charge is 2.48. The lowest BCUT2D eigenvalue weighted by molar-refractivity contribution is 0.0905. The highest BCUT2D eigenvalue weighted by Crippen LogP contribution is 2.47. The number of rotatable bonds is 5. The van der Waals surface area contributed by atoms with Crippen LogP contribution in [-0.2, 0) is 6.42 Å². The molecule has 0 amide bonds. The number of carbonyl (C=O) groups is 1. The van der Waals surface area contributed by atoms with Crippen LogP contribution < -0.4 is 10.5 Å². The van der Waals surface area contributed by atoms with Gasteiger partial charge in [0, 0.05) is 17.5 Å². The van der Waals surface area contributed by atoms with E-state index >= 15 is 0 Å². The Labute approximate surface area is 102 Å². The minimum absolute atomic E-state index is 0.192. The lowest BCUT2D eigenvalue weighted by Crippen LogP contribution is -2.25. The van der Waals surface area contributed by atoms with Gasteiger partial charge in [-0.05, 0) is 43.0 Å². The van der Waals surface area contributed by atoms with Crippen LogP contribution in [-0.4, -0.2) is 19.4 Å². The van der Waals surface area contributed by atoms with Crippen molar-refractivity contribution in [2.24, 2.45) is 11.1 Å². The van der Waals surface area contributed by atoms with E-state index < -0.39 is 0 Å². The van der Waals surface area contributed by atoms with Gasteiger partial charge in [0.25, 0.3) is 0 Å². The summed E-state index contributed by atoms with van der Waals surface area (Å²) in [6.07, 6.45) is 2.71. The molecule has 0 heterocycles. The van der Waals surface area contributed by atoms with E-state index in [-0.39, 0.29) is 11.2 Å². The van der Waals surface area contributed by atoms with Crippen molar-refractivity contribution in [2.75, 3.05) is 13.7 Å². The number of carbonyl (C=O) groups excluding carboxylic acids is 1. The monoisotopic (exact) mass is 233 g/mol. The summed E-state index contributed by atoms with van der Waals surface area (Å²) in [5.74, 6) is 1.04. The van der Waals surface area contributed by atoms with Crippen molar-refractivity contribution in [1.29, 1.82) is 0 Å². The quantitative estimate of drug-likeness (QED) is 0.793. The zero-order valence-electron chi connectivity index (χ0n) is 10.5. The van der Waals surface area contributed by atoms with Crippen LogP contribution in [0.25, 0.3) is 0 Å². The van der Waals surface area contributed by atoms with E-state index in [9.17, 15) is 4.79 Å². The van der Waals surface area contributed by atoms with E-state index in [0.29, 0.717) is 6.54 Å². The predicted molar refractivity (Wildman–Crippen MR) is 67.4 cm³/mol. The zero-order chi connectivity index (χ0) is 12.5. The van der Waals surface area contributed by atoms with Crippen molar-refractivity contribution in [3.05, 3.63) is 29.3 Å². The van der Waals surface area contributed by atoms with Crippen LogP contribution in [0.1, 0.15) is 35.7 Å². The topological polar surface area (TPSA) is 52.3 Å². The Morgan fingerprint density at radius 3 is 2.65 bits per heavy atom. The standard InChI is InChI=1S/C14H19NO2/c1-3-10-8-11(4-5-12(10)17-2)13(16)14(9-15)6-7-14/h4-5,8H,3,6-7,9,15H2,1-2H3. The molecule has 1 aliphatic carbocycles. The number of ketones is 1. The van der Waals surface area contributed by atoms with Gasteiger partial charge < -0.3 is 10.5 Å². The first-order valence-electron chi connectivity index (χ1n) is 6.08. The lowest BCUT2D eigenvalue weighted by atomic mass is 9.93. The lowest BCUT2D eigenvalue weighted by Gasteiger charge is -2.13. The molecular weight excluding hydrogens is 214 g/mol. The fraction of sp³-hybridized carbons (Fsp3) is 0.500. The molecule has 0 bridgehead atoms. The molecule has 0 radical (unpaired) electrons. The average Bonchev–Trinajstić information content (AvgIpc) is 3.18. The number of nitrogens with two attached hydrogens (primary N) is 1. The summed E-state index contributed by atoms with van der Waals surface area (Å²) >= 11 is 0. The summed E-state index contributed by atoms with van der Waals surface area (Å²) in [4.78, 5) is 12.3. The Morgan fingerprint density at radius 1 is 1.47 bits per heavy atom. The number of aryl methyl sites for hydroxylation is 1. The van der Waals surface area contributed by atoms with E-state index in [1.54, 1.807) is 7.11 Å².